The molecule has 3 rings (SSSR count). The molecule has 22 heavy (non-hydrogen) atoms. The van der Waals surface area contributed by atoms with Crippen molar-refractivity contribution in [2.24, 2.45) is 0 Å². The predicted molar refractivity (Wildman–Crippen MR) is 80.6 cm³/mol. The molecule has 1 aromatic carbocycles. The van der Waals surface area contributed by atoms with Crippen LogP contribution in [0.1, 0.15) is 11.7 Å². The Bertz CT molecular complexity index is 495. The second-order valence-corrected chi connectivity index (χ2v) is 5.52. The van der Waals surface area contributed by atoms with Gasteiger partial charge in [0.15, 0.2) is 0 Å². The molecule has 0 radical (unpaired) electrons. The van der Waals surface area contributed by atoms with Gasteiger partial charge < -0.3 is 9.47 Å². The van der Waals surface area contributed by atoms with Gasteiger partial charge in [-0.05, 0) is 5.56 Å². The second-order valence-electron chi connectivity index (χ2n) is 5.52. The number of nitro groups is 1. The van der Waals surface area contributed by atoms with Crippen LogP contribution in [0.15, 0.2) is 24.3 Å². The van der Waals surface area contributed by atoms with Gasteiger partial charge in [0.1, 0.15) is 0 Å². The molecule has 120 valence electrons. The van der Waals surface area contributed by atoms with Crippen LogP contribution in [0.4, 0.5) is 5.69 Å². The highest BCUT2D eigenvalue weighted by molar-refractivity contribution is 5.35. The summed E-state index contributed by atoms with van der Waals surface area (Å²) in [5.41, 5.74) is 1.11. The standard InChI is InChI=1S/C15H21N3O4/c19-18(20)14-3-1-2-13(12-14)15(16-4-8-21-9-5-16)17-6-10-22-11-7-17/h1-3,12,15H,4-11H2. The zero-order valence-corrected chi connectivity index (χ0v) is 12.5. The van der Waals surface area contributed by atoms with Crippen molar-refractivity contribution in [2.45, 2.75) is 6.17 Å². The van der Waals surface area contributed by atoms with Crippen LogP contribution in [0.3, 0.4) is 0 Å². The molecule has 2 heterocycles. The van der Waals surface area contributed by atoms with Gasteiger partial charge in [-0.3, -0.25) is 19.9 Å². The van der Waals surface area contributed by atoms with E-state index in [0.29, 0.717) is 26.4 Å². The van der Waals surface area contributed by atoms with Crippen molar-refractivity contribution in [3.05, 3.63) is 39.9 Å². The lowest BCUT2D eigenvalue weighted by atomic mass is 10.1. The lowest BCUT2D eigenvalue weighted by Crippen LogP contribution is -2.50. The van der Waals surface area contributed by atoms with Gasteiger partial charge in [0.25, 0.3) is 5.69 Å². The molecule has 0 aromatic heterocycles. The maximum atomic E-state index is 11.1. The average molecular weight is 307 g/mol. The van der Waals surface area contributed by atoms with E-state index in [0.717, 1.165) is 31.7 Å². The fourth-order valence-electron chi connectivity index (χ4n) is 3.10. The van der Waals surface area contributed by atoms with Gasteiger partial charge in [-0.2, -0.15) is 0 Å². The molecule has 2 saturated heterocycles. The zero-order chi connectivity index (χ0) is 15.4. The van der Waals surface area contributed by atoms with Crippen molar-refractivity contribution in [3.63, 3.8) is 0 Å². The quantitative estimate of drug-likeness (QED) is 0.616. The molecular formula is C15H21N3O4. The topological polar surface area (TPSA) is 68.1 Å². The molecular weight excluding hydrogens is 286 g/mol. The van der Waals surface area contributed by atoms with E-state index in [4.69, 9.17) is 9.47 Å². The summed E-state index contributed by atoms with van der Waals surface area (Å²) in [6.45, 7) is 6.17. The van der Waals surface area contributed by atoms with E-state index < -0.39 is 0 Å². The van der Waals surface area contributed by atoms with Crippen LogP contribution in [-0.2, 0) is 9.47 Å². The Hall–Kier alpha value is -1.54. The molecule has 7 heteroatoms. The highest BCUT2D eigenvalue weighted by atomic mass is 16.6. The van der Waals surface area contributed by atoms with Crippen LogP contribution >= 0.6 is 0 Å². The van der Waals surface area contributed by atoms with Crippen LogP contribution in [0.2, 0.25) is 0 Å². The van der Waals surface area contributed by atoms with Crippen molar-refractivity contribution < 1.29 is 14.4 Å². The summed E-state index contributed by atoms with van der Waals surface area (Å²) in [5, 5.41) is 11.1. The first-order valence-corrected chi connectivity index (χ1v) is 7.63. The average Bonchev–Trinajstić information content (AvgIpc) is 2.57. The molecule has 1 aromatic rings. The normalized spacial score (nSPS) is 21.1. The Morgan fingerprint density at radius 2 is 1.55 bits per heavy atom. The van der Waals surface area contributed by atoms with E-state index in [2.05, 4.69) is 9.80 Å². The third-order valence-corrected chi connectivity index (χ3v) is 4.16. The molecule has 0 unspecified atom stereocenters. The Morgan fingerprint density at radius 1 is 1.00 bits per heavy atom. The molecule has 7 nitrogen and oxygen atoms in total. The number of hydrogen-bond donors (Lipinski definition) is 0. The number of non-ortho nitro benzene ring substituents is 1. The summed E-state index contributed by atoms with van der Waals surface area (Å²) in [5.74, 6) is 0. The van der Waals surface area contributed by atoms with Crippen LogP contribution in [0, 0.1) is 10.1 Å². The van der Waals surface area contributed by atoms with Gasteiger partial charge >= 0.3 is 0 Å². The molecule has 0 bridgehead atoms. The van der Waals surface area contributed by atoms with Crippen molar-refractivity contribution in [3.8, 4) is 0 Å². The summed E-state index contributed by atoms with van der Waals surface area (Å²) in [6.07, 6.45) is 0.0488. The molecule has 0 spiro atoms. The largest absolute Gasteiger partial charge is 0.379 e. The number of nitro benzene ring substituents is 1. The van der Waals surface area contributed by atoms with Crippen LogP contribution < -0.4 is 0 Å². The SMILES string of the molecule is O=[N+]([O-])c1cccc(C(N2CCOCC2)N2CCOCC2)c1. The molecule has 0 aliphatic carbocycles. The minimum absolute atomic E-state index is 0.0488. The Morgan fingerprint density at radius 3 is 2.05 bits per heavy atom. The first kappa shape index (κ1) is 15.4. The first-order valence-electron chi connectivity index (χ1n) is 7.63. The lowest BCUT2D eigenvalue weighted by molar-refractivity contribution is -0.385. The maximum Gasteiger partial charge on any atom is 0.269 e. The molecule has 0 N–H and O–H groups in total. The highest BCUT2D eigenvalue weighted by Crippen LogP contribution is 2.29. The first-order chi connectivity index (χ1) is 10.8. The Balaban J connectivity index is 1.89. The van der Waals surface area contributed by atoms with E-state index in [1.807, 2.05) is 6.07 Å². The number of benzene rings is 1. The Kier molecular flexibility index (Phi) is 4.99. The summed E-state index contributed by atoms with van der Waals surface area (Å²) in [7, 11) is 0. The van der Waals surface area contributed by atoms with Gasteiger partial charge in [-0.1, -0.05) is 12.1 Å². The minimum Gasteiger partial charge on any atom is -0.379 e. The third kappa shape index (κ3) is 3.44. The van der Waals surface area contributed by atoms with E-state index in [1.165, 1.54) is 0 Å². The highest BCUT2D eigenvalue weighted by Gasteiger charge is 2.30. The monoisotopic (exact) mass is 307 g/mol. The van der Waals surface area contributed by atoms with Crippen LogP contribution in [-0.4, -0.2) is 67.3 Å². The number of morpholine rings is 2. The van der Waals surface area contributed by atoms with E-state index in [1.54, 1.807) is 18.2 Å². The van der Waals surface area contributed by atoms with Crippen molar-refractivity contribution in [1.29, 1.82) is 0 Å². The number of nitrogens with zero attached hydrogens (tertiary/aromatic N) is 3. The molecule has 0 atom stereocenters. The van der Waals surface area contributed by atoms with Gasteiger partial charge in [0.2, 0.25) is 0 Å². The third-order valence-electron chi connectivity index (χ3n) is 4.16. The van der Waals surface area contributed by atoms with Crippen molar-refractivity contribution in [1.82, 2.24) is 9.80 Å². The number of hydrogen-bond acceptors (Lipinski definition) is 6. The maximum absolute atomic E-state index is 11.1. The molecule has 0 saturated carbocycles. The van der Waals surface area contributed by atoms with Gasteiger partial charge in [-0.25, -0.2) is 0 Å². The fraction of sp³-hybridized carbons (Fsp3) is 0.600. The van der Waals surface area contributed by atoms with Crippen molar-refractivity contribution >= 4 is 5.69 Å². The minimum atomic E-state index is -0.334. The second kappa shape index (κ2) is 7.15. The van der Waals surface area contributed by atoms with Crippen LogP contribution in [0.5, 0.6) is 0 Å². The van der Waals surface area contributed by atoms with Crippen LogP contribution in [0.25, 0.3) is 0 Å². The predicted octanol–water partition coefficient (Wildman–Crippen LogP) is 1.26. The summed E-state index contributed by atoms with van der Waals surface area (Å²) < 4.78 is 10.9. The van der Waals surface area contributed by atoms with Crippen molar-refractivity contribution in [2.75, 3.05) is 52.6 Å². The van der Waals surface area contributed by atoms with Gasteiger partial charge in [-0.15, -0.1) is 0 Å². The zero-order valence-electron chi connectivity index (χ0n) is 12.5. The Labute approximate surface area is 129 Å². The molecule has 2 fully saturated rings. The number of ether oxygens (including phenoxy) is 2. The van der Waals surface area contributed by atoms with E-state index >= 15 is 0 Å². The fourth-order valence-corrected chi connectivity index (χ4v) is 3.10. The summed E-state index contributed by atoms with van der Waals surface area (Å²) in [6, 6.07) is 6.97. The smallest absolute Gasteiger partial charge is 0.269 e. The van der Waals surface area contributed by atoms with E-state index in [-0.39, 0.29) is 16.8 Å². The summed E-state index contributed by atoms with van der Waals surface area (Å²) in [4.78, 5) is 15.4. The molecule has 2 aliphatic heterocycles. The summed E-state index contributed by atoms with van der Waals surface area (Å²) >= 11 is 0. The number of rotatable bonds is 4. The lowest BCUT2D eigenvalue weighted by Gasteiger charge is -2.42. The van der Waals surface area contributed by atoms with Gasteiger partial charge in [0.05, 0.1) is 37.5 Å². The molecule has 2 aliphatic rings. The van der Waals surface area contributed by atoms with E-state index in [9.17, 15) is 10.1 Å². The molecule has 0 amide bonds. The van der Waals surface area contributed by atoms with Gasteiger partial charge in [0, 0.05) is 38.3 Å².